The fourth-order valence-corrected chi connectivity index (χ4v) is 1.94. The summed E-state index contributed by atoms with van der Waals surface area (Å²) in [5, 5.41) is 15.8. The van der Waals surface area contributed by atoms with E-state index in [-0.39, 0.29) is 11.5 Å². The predicted octanol–water partition coefficient (Wildman–Crippen LogP) is 2.97. The van der Waals surface area contributed by atoms with Gasteiger partial charge in [-0.2, -0.15) is 5.10 Å². The normalized spacial score (nSPS) is 11.3. The minimum atomic E-state index is -1.10. The molecule has 2 aromatic heterocycles. The molecule has 104 valence electrons. The van der Waals surface area contributed by atoms with Crippen LogP contribution in [-0.2, 0) is 0 Å². The summed E-state index contributed by atoms with van der Waals surface area (Å²) in [4.78, 5) is 15.0. The number of pyridine rings is 1. The van der Waals surface area contributed by atoms with Gasteiger partial charge in [0.15, 0.2) is 0 Å². The van der Waals surface area contributed by atoms with Crippen LogP contribution < -0.4 is 0 Å². The molecule has 0 radical (unpaired) electrons. The minimum Gasteiger partial charge on any atom is -0.477 e. The van der Waals surface area contributed by atoms with Gasteiger partial charge in [-0.15, -0.1) is 0 Å². The Morgan fingerprint density at radius 1 is 1.24 bits per heavy atom. The van der Waals surface area contributed by atoms with Crippen molar-refractivity contribution in [1.82, 2.24) is 15.2 Å². The van der Waals surface area contributed by atoms with Crippen molar-refractivity contribution in [3.63, 3.8) is 0 Å². The highest BCUT2D eigenvalue weighted by molar-refractivity contribution is 5.91. The number of nitrogens with one attached hydrogen (secondary N) is 1. The quantitative estimate of drug-likeness (QED) is 0.774. The highest BCUT2D eigenvalue weighted by Gasteiger charge is 2.09. The zero-order valence-electron chi connectivity index (χ0n) is 10.7. The lowest BCUT2D eigenvalue weighted by molar-refractivity contribution is 0.0691. The van der Waals surface area contributed by atoms with E-state index in [0.717, 1.165) is 0 Å². The summed E-state index contributed by atoms with van der Waals surface area (Å²) in [7, 11) is 0. The molecule has 0 atom stereocenters. The number of carboxylic acid groups (broad SMARTS) is 1. The molecular formula is C15H10FN3O2. The molecule has 5 nitrogen and oxygen atoms in total. The van der Waals surface area contributed by atoms with Gasteiger partial charge in [0.05, 0.1) is 5.52 Å². The smallest absolute Gasteiger partial charge is 0.354 e. The van der Waals surface area contributed by atoms with Crippen LogP contribution in [0.25, 0.3) is 23.2 Å². The lowest BCUT2D eigenvalue weighted by atomic mass is 10.2. The van der Waals surface area contributed by atoms with E-state index in [1.54, 1.807) is 30.4 Å². The van der Waals surface area contributed by atoms with Crippen molar-refractivity contribution in [3.8, 4) is 0 Å². The van der Waals surface area contributed by atoms with Crippen LogP contribution in [0.5, 0.6) is 0 Å². The zero-order valence-corrected chi connectivity index (χ0v) is 10.7. The molecule has 6 heteroatoms. The monoisotopic (exact) mass is 283 g/mol. The second-order valence-electron chi connectivity index (χ2n) is 4.39. The maximum absolute atomic E-state index is 13.1. The number of fused-ring (bicyclic) bond motifs is 1. The SMILES string of the molecule is O=C(O)c1ccc2[nH]nc(/C=C/c3cccc(F)c3)c2n1. The number of aromatic nitrogens is 3. The molecule has 0 aliphatic heterocycles. The number of hydrogen-bond donors (Lipinski definition) is 2. The number of carbonyl (C=O) groups is 1. The number of carboxylic acids is 1. The molecule has 3 aromatic rings. The first-order valence-electron chi connectivity index (χ1n) is 6.15. The zero-order chi connectivity index (χ0) is 14.8. The van der Waals surface area contributed by atoms with Crippen LogP contribution in [0.15, 0.2) is 36.4 Å². The third-order valence-electron chi connectivity index (χ3n) is 2.94. The molecule has 0 fully saturated rings. The standard InChI is InChI=1S/C15H10FN3O2/c16-10-3-1-2-9(8-10)4-5-11-14-12(19-18-11)6-7-13(17-14)15(20)21/h1-8H,(H,18,19)(H,20,21)/b5-4+. The van der Waals surface area contributed by atoms with Gasteiger partial charge in [0.1, 0.15) is 22.7 Å². The third-order valence-corrected chi connectivity index (χ3v) is 2.94. The van der Waals surface area contributed by atoms with Gasteiger partial charge < -0.3 is 5.11 Å². The Hall–Kier alpha value is -3.02. The van der Waals surface area contributed by atoms with Crippen LogP contribution >= 0.6 is 0 Å². The van der Waals surface area contributed by atoms with E-state index in [9.17, 15) is 9.18 Å². The van der Waals surface area contributed by atoms with Gasteiger partial charge in [-0.05, 0) is 35.9 Å². The highest BCUT2D eigenvalue weighted by atomic mass is 19.1. The van der Waals surface area contributed by atoms with Crippen LogP contribution in [0.3, 0.4) is 0 Å². The van der Waals surface area contributed by atoms with E-state index in [4.69, 9.17) is 5.11 Å². The first-order valence-corrected chi connectivity index (χ1v) is 6.15. The van der Waals surface area contributed by atoms with Crippen LogP contribution in [-0.4, -0.2) is 26.3 Å². The Bertz CT molecular complexity index is 855. The van der Waals surface area contributed by atoms with E-state index < -0.39 is 5.97 Å². The lowest BCUT2D eigenvalue weighted by Crippen LogP contribution is -1.99. The second-order valence-corrected chi connectivity index (χ2v) is 4.39. The largest absolute Gasteiger partial charge is 0.477 e. The van der Waals surface area contributed by atoms with Gasteiger partial charge >= 0.3 is 5.97 Å². The molecule has 0 saturated heterocycles. The summed E-state index contributed by atoms with van der Waals surface area (Å²) >= 11 is 0. The Balaban J connectivity index is 2.00. The summed E-state index contributed by atoms with van der Waals surface area (Å²) in [6.45, 7) is 0. The van der Waals surface area contributed by atoms with E-state index in [1.807, 2.05) is 0 Å². The summed E-state index contributed by atoms with van der Waals surface area (Å²) in [5.74, 6) is -1.42. The van der Waals surface area contributed by atoms with Crippen molar-refractivity contribution in [2.24, 2.45) is 0 Å². The van der Waals surface area contributed by atoms with Crippen molar-refractivity contribution in [3.05, 3.63) is 59.2 Å². The van der Waals surface area contributed by atoms with Crippen LogP contribution in [0.2, 0.25) is 0 Å². The first kappa shape index (κ1) is 13.0. The molecule has 2 heterocycles. The molecule has 0 unspecified atom stereocenters. The average Bonchev–Trinajstić information content (AvgIpc) is 2.87. The molecule has 0 amide bonds. The summed E-state index contributed by atoms with van der Waals surface area (Å²) in [6, 6.07) is 9.13. The fourth-order valence-electron chi connectivity index (χ4n) is 1.94. The topological polar surface area (TPSA) is 78.9 Å². The summed E-state index contributed by atoms with van der Waals surface area (Å²) in [5.41, 5.74) is 2.23. The second kappa shape index (κ2) is 5.16. The van der Waals surface area contributed by atoms with Crippen LogP contribution in [0, 0.1) is 5.82 Å². The Morgan fingerprint density at radius 2 is 2.10 bits per heavy atom. The number of aromatic carboxylic acids is 1. The number of hydrogen-bond acceptors (Lipinski definition) is 3. The van der Waals surface area contributed by atoms with Gasteiger partial charge in [-0.25, -0.2) is 14.2 Å². The molecule has 0 aliphatic carbocycles. The van der Waals surface area contributed by atoms with E-state index in [0.29, 0.717) is 22.3 Å². The molecular weight excluding hydrogens is 273 g/mol. The lowest BCUT2D eigenvalue weighted by Gasteiger charge is -1.95. The van der Waals surface area contributed by atoms with Crippen LogP contribution in [0.1, 0.15) is 21.7 Å². The van der Waals surface area contributed by atoms with Gasteiger partial charge in [0, 0.05) is 0 Å². The molecule has 0 saturated carbocycles. The van der Waals surface area contributed by atoms with Gasteiger partial charge in [-0.3, -0.25) is 5.10 Å². The summed E-state index contributed by atoms with van der Waals surface area (Å²) < 4.78 is 13.1. The first-order chi connectivity index (χ1) is 10.1. The molecule has 0 bridgehead atoms. The van der Waals surface area contributed by atoms with Crippen LogP contribution in [0.4, 0.5) is 4.39 Å². The third kappa shape index (κ3) is 2.64. The number of rotatable bonds is 3. The fraction of sp³-hybridized carbons (Fsp3) is 0. The van der Waals surface area contributed by atoms with Crippen molar-refractivity contribution >= 4 is 29.2 Å². The number of halogens is 1. The maximum Gasteiger partial charge on any atom is 0.354 e. The molecule has 3 rings (SSSR count). The van der Waals surface area contributed by atoms with E-state index in [1.165, 1.54) is 18.2 Å². The minimum absolute atomic E-state index is 0.0516. The van der Waals surface area contributed by atoms with Crippen molar-refractivity contribution < 1.29 is 14.3 Å². The molecule has 0 spiro atoms. The van der Waals surface area contributed by atoms with E-state index >= 15 is 0 Å². The Labute approximate surface area is 118 Å². The number of H-pyrrole nitrogens is 1. The number of nitrogens with zero attached hydrogens (tertiary/aromatic N) is 2. The van der Waals surface area contributed by atoms with Crippen molar-refractivity contribution in [2.45, 2.75) is 0 Å². The van der Waals surface area contributed by atoms with Crippen molar-refractivity contribution in [1.29, 1.82) is 0 Å². The Kier molecular flexibility index (Phi) is 3.19. The highest BCUT2D eigenvalue weighted by Crippen LogP contribution is 2.17. The predicted molar refractivity (Wildman–Crippen MR) is 76.2 cm³/mol. The molecule has 1 aromatic carbocycles. The number of aromatic amines is 1. The molecule has 21 heavy (non-hydrogen) atoms. The molecule has 2 N–H and O–H groups in total. The Morgan fingerprint density at radius 3 is 2.86 bits per heavy atom. The van der Waals surface area contributed by atoms with Gasteiger partial charge in [0.2, 0.25) is 0 Å². The van der Waals surface area contributed by atoms with Crippen molar-refractivity contribution in [2.75, 3.05) is 0 Å². The number of benzene rings is 1. The average molecular weight is 283 g/mol. The maximum atomic E-state index is 13.1. The van der Waals surface area contributed by atoms with E-state index in [2.05, 4.69) is 15.2 Å². The summed E-state index contributed by atoms with van der Waals surface area (Å²) in [6.07, 6.45) is 3.35. The van der Waals surface area contributed by atoms with Gasteiger partial charge in [-0.1, -0.05) is 18.2 Å². The van der Waals surface area contributed by atoms with Gasteiger partial charge in [0.25, 0.3) is 0 Å². The molecule has 0 aliphatic rings.